The van der Waals surface area contributed by atoms with E-state index in [2.05, 4.69) is 11.9 Å². The number of amides is 1. The lowest BCUT2D eigenvalue weighted by Crippen LogP contribution is -2.40. The first-order valence-corrected chi connectivity index (χ1v) is 6.54. The van der Waals surface area contributed by atoms with Gasteiger partial charge < -0.3 is 9.88 Å². The van der Waals surface area contributed by atoms with Crippen molar-refractivity contribution in [2.45, 2.75) is 38.6 Å². The third-order valence-electron chi connectivity index (χ3n) is 3.91. The molecule has 0 radical (unpaired) electrons. The third-order valence-corrected chi connectivity index (χ3v) is 3.91. The number of carbonyl (C=O) groups is 1. The van der Waals surface area contributed by atoms with Gasteiger partial charge in [-0.1, -0.05) is 6.92 Å². The zero-order valence-electron chi connectivity index (χ0n) is 11.0. The number of H-pyrrole nitrogens is 1. The predicted molar refractivity (Wildman–Crippen MR) is 70.6 cm³/mol. The highest BCUT2D eigenvalue weighted by atomic mass is 16.2. The van der Waals surface area contributed by atoms with Gasteiger partial charge in [-0.05, 0) is 31.6 Å². The fourth-order valence-corrected chi connectivity index (χ4v) is 2.57. The Kier molecular flexibility index (Phi) is 3.84. The van der Waals surface area contributed by atoms with Gasteiger partial charge in [0.15, 0.2) is 5.43 Å². The van der Waals surface area contributed by atoms with Gasteiger partial charge in [-0.15, -0.1) is 0 Å². The van der Waals surface area contributed by atoms with Gasteiger partial charge >= 0.3 is 0 Å². The second-order valence-corrected chi connectivity index (χ2v) is 5.25. The minimum Gasteiger partial charge on any atom is -0.367 e. The maximum absolute atomic E-state index is 12.3. The fraction of sp³-hybridized carbons (Fsp3) is 0.571. The first-order valence-electron chi connectivity index (χ1n) is 6.54. The van der Waals surface area contributed by atoms with Crippen LogP contribution in [0.1, 0.15) is 43.0 Å². The van der Waals surface area contributed by atoms with Crippen molar-refractivity contribution in [2.24, 2.45) is 5.92 Å². The Morgan fingerprint density at radius 1 is 1.33 bits per heavy atom. The standard InChI is InChI=1S/C14H20N2O2/c1-10-3-5-11(6-4-10)16(2)14(18)12-9-15-8-7-13(12)17/h7-11H,3-6H2,1-2H3,(H,15,17). The van der Waals surface area contributed by atoms with E-state index in [0.29, 0.717) is 0 Å². The van der Waals surface area contributed by atoms with Crippen molar-refractivity contribution in [3.63, 3.8) is 0 Å². The summed E-state index contributed by atoms with van der Waals surface area (Å²) in [6.07, 6.45) is 7.43. The lowest BCUT2D eigenvalue weighted by Gasteiger charge is -2.33. The molecule has 4 heteroatoms. The molecule has 0 saturated heterocycles. The molecule has 0 aliphatic heterocycles. The van der Waals surface area contributed by atoms with Gasteiger partial charge in [-0.2, -0.15) is 0 Å². The molecule has 0 atom stereocenters. The van der Waals surface area contributed by atoms with E-state index in [0.717, 1.165) is 31.6 Å². The van der Waals surface area contributed by atoms with Crippen LogP contribution in [0, 0.1) is 5.92 Å². The van der Waals surface area contributed by atoms with Crippen LogP contribution in [0.4, 0.5) is 0 Å². The smallest absolute Gasteiger partial charge is 0.259 e. The monoisotopic (exact) mass is 248 g/mol. The molecule has 1 aliphatic rings. The van der Waals surface area contributed by atoms with E-state index < -0.39 is 0 Å². The molecule has 0 spiro atoms. The van der Waals surface area contributed by atoms with Crippen LogP contribution >= 0.6 is 0 Å². The summed E-state index contributed by atoms with van der Waals surface area (Å²) in [5, 5.41) is 0. The van der Waals surface area contributed by atoms with Gasteiger partial charge in [0.05, 0.1) is 0 Å². The molecule has 1 aromatic rings. The molecule has 98 valence electrons. The van der Waals surface area contributed by atoms with Gasteiger partial charge in [-0.25, -0.2) is 0 Å². The van der Waals surface area contributed by atoms with Crippen LogP contribution in [0.15, 0.2) is 23.3 Å². The van der Waals surface area contributed by atoms with E-state index in [1.54, 1.807) is 18.1 Å². The molecule has 0 bridgehead atoms. The van der Waals surface area contributed by atoms with Crippen molar-refractivity contribution >= 4 is 5.91 Å². The van der Waals surface area contributed by atoms with E-state index >= 15 is 0 Å². The lowest BCUT2D eigenvalue weighted by atomic mass is 9.86. The van der Waals surface area contributed by atoms with Crippen LogP contribution in [-0.4, -0.2) is 28.9 Å². The van der Waals surface area contributed by atoms with Crippen molar-refractivity contribution in [1.82, 2.24) is 9.88 Å². The summed E-state index contributed by atoms with van der Waals surface area (Å²) in [5.41, 5.74) is 0.0217. The van der Waals surface area contributed by atoms with Crippen molar-refractivity contribution in [2.75, 3.05) is 7.05 Å². The van der Waals surface area contributed by atoms with Gasteiger partial charge in [0, 0.05) is 31.5 Å². The van der Waals surface area contributed by atoms with Crippen molar-refractivity contribution in [3.05, 3.63) is 34.2 Å². The second kappa shape index (κ2) is 5.38. The summed E-state index contributed by atoms with van der Waals surface area (Å²) in [7, 11) is 1.80. The Hall–Kier alpha value is -1.58. The number of hydrogen-bond donors (Lipinski definition) is 1. The number of nitrogens with zero attached hydrogens (tertiary/aromatic N) is 1. The molecule has 4 nitrogen and oxygen atoms in total. The lowest BCUT2D eigenvalue weighted by molar-refractivity contribution is 0.0678. The normalized spacial score (nSPS) is 23.7. The van der Waals surface area contributed by atoms with E-state index in [-0.39, 0.29) is 22.9 Å². The second-order valence-electron chi connectivity index (χ2n) is 5.25. The highest BCUT2D eigenvalue weighted by molar-refractivity contribution is 5.93. The molecule has 1 saturated carbocycles. The molecule has 1 amide bonds. The van der Waals surface area contributed by atoms with Crippen LogP contribution in [0.5, 0.6) is 0 Å². The molecule has 1 N–H and O–H groups in total. The number of hydrogen-bond acceptors (Lipinski definition) is 2. The minimum absolute atomic E-state index is 0.170. The molecule has 18 heavy (non-hydrogen) atoms. The molecular weight excluding hydrogens is 228 g/mol. The van der Waals surface area contributed by atoms with Crippen LogP contribution in [-0.2, 0) is 0 Å². The zero-order chi connectivity index (χ0) is 13.1. The predicted octanol–water partition coefficient (Wildman–Crippen LogP) is 2.03. The molecule has 2 rings (SSSR count). The topological polar surface area (TPSA) is 53.2 Å². The Labute approximate surface area is 107 Å². The minimum atomic E-state index is -0.213. The fourth-order valence-electron chi connectivity index (χ4n) is 2.57. The summed E-state index contributed by atoms with van der Waals surface area (Å²) in [6.45, 7) is 2.25. The Morgan fingerprint density at radius 2 is 2.00 bits per heavy atom. The molecule has 1 aliphatic carbocycles. The van der Waals surface area contributed by atoms with Gasteiger partial charge in [0.2, 0.25) is 0 Å². The quantitative estimate of drug-likeness (QED) is 0.870. The van der Waals surface area contributed by atoms with Gasteiger partial charge in [-0.3, -0.25) is 9.59 Å². The maximum Gasteiger partial charge on any atom is 0.259 e. The number of aromatic amines is 1. The first kappa shape index (κ1) is 12.9. The Bertz CT molecular complexity index is 473. The average molecular weight is 248 g/mol. The molecule has 1 fully saturated rings. The summed E-state index contributed by atoms with van der Waals surface area (Å²) in [5.74, 6) is 0.585. The summed E-state index contributed by atoms with van der Waals surface area (Å²) in [6, 6.07) is 1.66. The van der Waals surface area contributed by atoms with E-state index in [9.17, 15) is 9.59 Å². The number of nitrogens with one attached hydrogen (secondary N) is 1. The highest BCUT2D eigenvalue weighted by Crippen LogP contribution is 2.26. The van der Waals surface area contributed by atoms with E-state index in [1.807, 2.05) is 0 Å². The van der Waals surface area contributed by atoms with Crippen molar-refractivity contribution in [3.8, 4) is 0 Å². The van der Waals surface area contributed by atoms with Crippen molar-refractivity contribution < 1.29 is 4.79 Å². The van der Waals surface area contributed by atoms with E-state index in [4.69, 9.17) is 0 Å². The Morgan fingerprint density at radius 3 is 2.61 bits per heavy atom. The zero-order valence-corrected chi connectivity index (χ0v) is 11.0. The number of aromatic nitrogens is 1. The average Bonchev–Trinajstić information content (AvgIpc) is 2.38. The largest absolute Gasteiger partial charge is 0.367 e. The van der Waals surface area contributed by atoms with Gasteiger partial charge in [0.1, 0.15) is 5.56 Å². The summed E-state index contributed by atoms with van der Waals surface area (Å²) in [4.78, 5) is 28.4. The number of carbonyl (C=O) groups excluding carboxylic acids is 1. The molecular formula is C14H20N2O2. The maximum atomic E-state index is 12.3. The Balaban J connectivity index is 2.10. The molecule has 1 heterocycles. The van der Waals surface area contributed by atoms with Gasteiger partial charge in [0.25, 0.3) is 5.91 Å². The number of rotatable bonds is 2. The van der Waals surface area contributed by atoms with Crippen LogP contribution in [0.25, 0.3) is 0 Å². The highest BCUT2D eigenvalue weighted by Gasteiger charge is 2.26. The summed E-state index contributed by atoms with van der Waals surface area (Å²) >= 11 is 0. The van der Waals surface area contributed by atoms with Crippen LogP contribution in [0.3, 0.4) is 0 Å². The first-order chi connectivity index (χ1) is 8.59. The molecule has 0 aromatic carbocycles. The third kappa shape index (κ3) is 2.63. The van der Waals surface area contributed by atoms with Crippen LogP contribution < -0.4 is 5.43 Å². The van der Waals surface area contributed by atoms with Crippen LogP contribution in [0.2, 0.25) is 0 Å². The SMILES string of the molecule is CC1CCC(N(C)C(=O)c2c[nH]ccc2=O)CC1. The number of pyridine rings is 1. The molecule has 0 unspecified atom stereocenters. The molecule has 1 aromatic heterocycles. The van der Waals surface area contributed by atoms with Crippen molar-refractivity contribution in [1.29, 1.82) is 0 Å². The van der Waals surface area contributed by atoms with E-state index in [1.165, 1.54) is 12.3 Å². The summed E-state index contributed by atoms with van der Waals surface area (Å²) < 4.78 is 0.